The number of aromatic nitrogens is 1. The van der Waals surface area contributed by atoms with Gasteiger partial charge in [0.15, 0.2) is 0 Å². The fourth-order valence-corrected chi connectivity index (χ4v) is 3.83. The molecular formula is C24H24N2O4. The van der Waals surface area contributed by atoms with Crippen LogP contribution in [0.4, 0.5) is 0 Å². The number of carbonyl (C=O) groups is 2. The van der Waals surface area contributed by atoms with E-state index in [1.165, 1.54) is 0 Å². The van der Waals surface area contributed by atoms with Gasteiger partial charge in [-0.3, -0.25) is 14.6 Å². The number of benzene rings is 2. The van der Waals surface area contributed by atoms with Crippen LogP contribution in [-0.2, 0) is 9.53 Å². The number of esters is 1. The quantitative estimate of drug-likeness (QED) is 0.657. The molecule has 2 heterocycles. The molecule has 2 aromatic carbocycles. The maximum atomic E-state index is 12.7. The maximum Gasteiger partial charge on any atom is 0.313 e. The highest BCUT2D eigenvalue weighted by Crippen LogP contribution is 2.36. The van der Waals surface area contributed by atoms with Crippen molar-refractivity contribution in [3.05, 3.63) is 70.9 Å². The lowest BCUT2D eigenvalue weighted by Gasteiger charge is -2.13. The van der Waals surface area contributed by atoms with Crippen molar-refractivity contribution in [1.29, 1.82) is 0 Å². The number of cyclic esters (lactones) is 1. The molecule has 1 amide bonds. The first-order valence-corrected chi connectivity index (χ1v) is 9.95. The zero-order valence-electron chi connectivity index (χ0n) is 17.3. The second-order valence-electron chi connectivity index (χ2n) is 7.66. The molecule has 0 spiro atoms. The van der Waals surface area contributed by atoms with Gasteiger partial charge in [-0.05, 0) is 55.8 Å². The largest absolute Gasteiger partial charge is 0.497 e. The predicted octanol–water partition coefficient (Wildman–Crippen LogP) is 3.69. The Morgan fingerprint density at radius 1 is 1.17 bits per heavy atom. The Hall–Kier alpha value is -3.41. The van der Waals surface area contributed by atoms with Crippen molar-refractivity contribution in [2.24, 2.45) is 0 Å². The van der Waals surface area contributed by atoms with Crippen molar-refractivity contribution in [1.82, 2.24) is 10.3 Å². The van der Waals surface area contributed by atoms with E-state index in [4.69, 9.17) is 9.47 Å². The van der Waals surface area contributed by atoms with Gasteiger partial charge in [0.2, 0.25) is 0 Å². The average molecular weight is 404 g/mol. The number of carbonyl (C=O) groups excluding carboxylic acids is 2. The van der Waals surface area contributed by atoms with Crippen LogP contribution in [0.1, 0.15) is 39.5 Å². The molecule has 1 saturated heterocycles. The highest BCUT2D eigenvalue weighted by atomic mass is 16.6. The summed E-state index contributed by atoms with van der Waals surface area (Å²) in [5.74, 6) is -0.144. The van der Waals surface area contributed by atoms with Gasteiger partial charge in [0, 0.05) is 23.1 Å². The number of fused-ring (bicyclic) bond motifs is 1. The van der Waals surface area contributed by atoms with Crippen LogP contribution in [0.25, 0.3) is 10.9 Å². The lowest BCUT2D eigenvalue weighted by atomic mass is 9.92. The van der Waals surface area contributed by atoms with Gasteiger partial charge in [-0.1, -0.05) is 17.7 Å². The van der Waals surface area contributed by atoms with Crippen LogP contribution in [-0.4, -0.2) is 36.6 Å². The number of ether oxygens (including phenoxy) is 2. The molecule has 6 heteroatoms. The van der Waals surface area contributed by atoms with E-state index in [1.807, 2.05) is 50.2 Å². The summed E-state index contributed by atoms with van der Waals surface area (Å²) in [7, 11) is 1.61. The summed E-state index contributed by atoms with van der Waals surface area (Å²) >= 11 is 0. The molecule has 3 aromatic rings. The number of methoxy groups -OCH3 is 1. The third-order valence-electron chi connectivity index (χ3n) is 5.42. The predicted molar refractivity (Wildman–Crippen MR) is 114 cm³/mol. The number of hydrogen-bond acceptors (Lipinski definition) is 5. The Balaban J connectivity index is 1.51. The van der Waals surface area contributed by atoms with Crippen LogP contribution in [0.15, 0.2) is 48.5 Å². The first-order valence-electron chi connectivity index (χ1n) is 9.95. The van der Waals surface area contributed by atoms with E-state index in [1.54, 1.807) is 19.2 Å². The number of aryl methyl sites for hydroxylation is 2. The van der Waals surface area contributed by atoms with Crippen LogP contribution in [0, 0.1) is 13.8 Å². The van der Waals surface area contributed by atoms with Gasteiger partial charge in [-0.25, -0.2) is 0 Å². The molecule has 1 fully saturated rings. The first-order chi connectivity index (χ1) is 14.4. The monoisotopic (exact) mass is 404 g/mol. The lowest BCUT2D eigenvalue weighted by Crippen LogP contribution is -2.32. The van der Waals surface area contributed by atoms with E-state index < -0.39 is 5.92 Å². The minimum Gasteiger partial charge on any atom is -0.497 e. The van der Waals surface area contributed by atoms with Crippen molar-refractivity contribution in [2.75, 3.05) is 13.7 Å². The smallest absolute Gasteiger partial charge is 0.313 e. The van der Waals surface area contributed by atoms with Gasteiger partial charge < -0.3 is 14.8 Å². The topological polar surface area (TPSA) is 77.5 Å². The van der Waals surface area contributed by atoms with E-state index >= 15 is 0 Å². The van der Waals surface area contributed by atoms with Crippen molar-refractivity contribution in [3.63, 3.8) is 0 Å². The molecule has 1 aliphatic heterocycles. The molecule has 4 rings (SSSR count). The summed E-state index contributed by atoms with van der Waals surface area (Å²) in [5, 5.41) is 3.75. The number of pyridine rings is 1. The molecule has 2 unspecified atom stereocenters. The number of amides is 1. The number of rotatable bonds is 5. The highest BCUT2D eigenvalue weighted by Gasteiger charge is 2.37. The van der Waals surface area contributed by atoms with Crippen LogP contribution in [0.5, 0.6) is 5.75 Å². The molecule has 0 radical (unpaired) electrons. The Morgan fingerprint density at radius 3 is 2.67 bits per heavy atom. The summed E-state index contributed by atoms with van der Waals surface area (Å²) in [4.78, 5) is 29.6. The highest BCUT2D eigenvalue weighted by molar-refractivity contribution is 5.94. The van der Waals surface area contributed by atoms with Crippen molar-refractivity contribution >= 4 is 22.8 Å². The maximum absolute atomic E-state index is 12.7. The Bertz CT molecular complexity index is 1110. The molecule has 0 aliphatic carbocycles. The zero-order chi connectivity index (χ0) is 21.3. The number of nitrogens with zero attached hydrogens (tertiary/aromatic N) is 1. The Morgan fingerprint density at radius 2 is 1.93 bits per heavy atom. The van der Waals surface area contributed by atoms with E-state index in [2.05, 4.69) is 10.3 Å². The van der Waals surface area contributed by atoms with Crippen molar-refractivity contribution < 1.29 is 19.1 Å². The Labute approximate surface area is 175 Å². The van der Waals surface area contributed by atoms with Crippen LogP contribution < -0.4 is 10.1 Å². The minimum atomic E-state index is -0.400. The van der Waals surface area contributed by atoms with Gasteiger partial charge in [-0.2, -0.15) is 0 Å². The van der Waals surface area contributed by atoms with Gasteiger partial charge in [-0.15, -0.1) is 0 Å². The molecule has 1 aliphatic rings. The van der Waals surface area contributed by atoms with Gasteiger partial charge in [0.05, 0.1) is 25.1 Å². The molecule has 6 nitrogen and oxygen atoms in total. The van der Waals surface area contributed by atoms with E-state index in [0.29, 0.717) is 17.7 Å². The molecule has 0 bridgehead atoms. The average Bonchev–Trinajstić information content (AvgIpc) is 3.12. The minimum absolute atomic E-state index is 0.176. The van der Waals surface area contributed by atoms with Gasteiger partial charge in [0.1, 0.15) is 11.9 Å². The number of hydrogen-bond donors (Lipinski definition) is 1. The molecule has 0 saturated carbocycles. The van der Waals surface area contributed by atoms with E-state index in [9.17, 15) is 9.59 Å². The normalized spacial score (nSPS) is 18.3. The summed E-state index contributed by atoms with van der Waals surface area (Å²) in [5.41, 5.74) is 4.22. The number of nitrogens with one attached hydrogen (secondary N) is 1. The zero-order valence-corrected chi connectivity index (χ0v) is 17.3. The van der Waals surface area contributed by atoms with Crippen LogP contribution in [0.3, 0.4) is 0 Å². The van der Waals surface area contributed by atoms with Gasteiger partial charge in [0.25, 0.3) is 5.91 Å². The fraction of sp³-hybridized carbons (Fsp3) is 0.292. The van der Waals surface area contributed by atoms with Crippen LogP contribution >= 0.6 is 0 Å². The third-order valence-corrected chi connectivity index (χ3v) is 5.42. The van der Waals surface area contributed by atoms with Crippen molar-refractivity contribution in [3.8, 4) is 5.75 Å². The SMILES string of the molecule is COc1ccc2nc(C)cc(C3CC(CNC(=O)c4ccc(C)cc4)OC3=O)c2c1. The molecule has 154 valence electrons. The summed E-state index contributed by atoms with van der Waals surface area (Å²) < 4.78 is 10.9. The molecule has 1 aromatic heterocycles. The van der Waals surface area contributed by atoms with Crippen LogP contribution in [0.2, 0.25) is 0 Å². The summed E-state index contributed by atoms with van der Waals surface area (Å²) in [6.07, 6.45) is 0.133. The fourth-order valence-electron chi connectivity index (χ4n) is 3.83. The second kappa shape index (κ2) is 8.14. The van der Waals surface area contributed by atoms with Gasteiger partial charge >= 0.3 is 5.97 Å². The Kier molecular flexibility index (Phi) is 5.40. The standard InChI is InChI=1S/C24H24N2O4/c1-14-4-6-16(7-5-14)23(27)25-13-18-12-21(24(28)30-18)19-10-15(2)26-22-9-8-17(29-3)11-20(19)22/h4-11,18,21H,12-13H2,1-3H3,(H,25,27). The second-order valence-corrected chi connectivity index (χ2v) is 7.66. The third kappa shape index (κ3) is 3.99. The summed E-state index contributed by atoms with van der Waals surface area (Å²) in [6.45, 7) is 4.16. The molecule has 2 atom stereocenters. The first kappa shape index (κ1) is 19.9. The molecular weight excluding hydrogens is 380 g/mol. The lowest BCUT2D eigenvalue weighted by molar-refractivity contribution is -0.142. The summed E-state index contributed by atoms with van der Waals surface area (Å²) in [6, 6.07) is 14.9. The molecule has 30 heavy (non-hydrogen) atoms. The molecule has 1 N–H and O–H groups in total. The van der Waals surface area contributed by atoms with E-state index in [-0.39, 0.29) is 24.5 Å². The van der Waals surface area contributed by atoms with E-state index in [0.717, 1.165) is 27.7 Å². The van der Waals surface area contributed by atoms with Crippen molar-refractivity contribution in [2.45, 2.75) is 32.3 Å².